The smallest absolute Gasteiger partial charge is 0.272 e. The molecule has 0 bridgehead atoms. The summed E-state index contributed by atoms with van der Waals surface area (Å²) >= 11 is 4.83. The Balaban J connectivity index is 1.52. The Labute approximate surface area is 274 Å². The van der Waals surface area contributed by atoms with E-state index in [1.165, 1.54) is 39.2 Å². The van der Waals surface area contributed by atoms with Gasteiger partial charge >= 0.3 is 0 Å². The number of thioether (sulfide) groups is 1. The van der Waals surface area contributed by atoms with Crippen LogP contribution in [0.3, 0.4) is 0 Å². The number of hydrogen-bond donors (Lipinski definition) is 3. The van der Waals surface area contributed by atoms with Crippen LogP contribution in [0.2, 0.25) is 0 Å². The lowest BCUT2D eigenvalue weighted by Gasteiger charge is -2.15. The monoisotopic (exact) mass is 689 g/mol. The molecule has 0 heterocycles. The third-order valence-corrected chi connectivity index (χ3v) is 8.26. The summed E-state index contributed by atoms with van der Waals surface area (Å²) in [6.07, 6.45) is 1.52. The Bertz CT molecular complexity index is 1670. The van der Waals surface area contributed by atoms with Gasteiger partial charge < -0.3 is 30.2 Å². The summed E-state index contributed by atoms with van der Waals surface area (Å²) in [6.45, 7) is 1.82. The van der Waals surface area contributed by atoms with Crippen LogP contribution in [-0.4, -0.2) is 44.3 Å². The topological polar surface area (TPSA) is 115 Å². The van der Waals surface area contributed by atoms with Gasteiger partial charge in [-0.15, -0.1) is 11.8 Å². The lowest BCUT2D eigenvalue weighted by molar-refractivity contribution is -0.115. The largest absolute Gasteiger partial charge is 0.493 e. The first-order chi connectivity index (χ1) is 21.7. The van der Waals surface area contributed by atoms with Gasteiger partial charge in [-0.05, 0) is 95.2 Å². The fourth-order valence-corrected chi connectivity index (χ4v) is 5.41. The number of nitrogens with one attached hydrogen (secondary N) is 3. The van der Waals surface area contributed by atoms with Crippen LogP contribution in [0.5, 0.6) is 17.2 Å². The first kappa shape index (κ1) is 33.2. The zero-order valence-electron chi connectivity index (χ0n) is 25.1. The number of para-hydroxylation sites is 1. The third-order valence-electron chi connectivity index (χ3n) is 6.45. The van der Waals surface area contributed by atoms with Crippen LogP contribution in [0.4, 0.5) is 11.4 Å². The van der Waals surface area contributed by atoms with E-state index in [1.54, 1.807) is 54.6 Å². The summed E-state index contributed by atoms with van der Waals surface area (Å²) in [6, 6.07) is 26.4. The van der Waals surface area contributed by atoms with E-state index in [-0.39, 0.29) is 16.9 Å². The van der Waals surface area contributed by atoms with Crippen LogP contribution >= 0.6 is 27.7 Å². The zero-order chi connectivity index (χ0) is 32.3. The molecule has 0 spiro atoms. The Morgan fingerprint density at radius 3 is 2.02 bits per heavy atom. The fraction of sp³-hybridized carbons (Fsp3) is 0.147. The van der Waals surface area contributed by atoms with Crippen LogP contribution in [0, 0.1) is 0 Å². The van der Waals surface area contributed by atoms with Crippen LogP contribution < -0.4 is 30.2 Å². The third kappa shape index (κ3) is 8.90. The van der Waals surface area contributed by atoms with Crippen molar-refractivity contribution < 1.29 is 28.6 Å². The molecule has 3 N–H and O–H groups in total. The van der Waals surface area contributed by atoms with Crippen molar-refractivity contribution in [2.45, 2.75) is 17.1 Å². The van der Waals surface area contributed by atoms with Gasteiger partial charge in [-0.1, -0.05) is 30.3 Å². The number of carbonyl (C=O) groups excluding carboxylic acids is 3. The Hall–Kier alpha value is -4.74. The first-order valence-corrected chi connectivity index (χ1v) is 15.4. The average Bonchev–Trinajstić information content (AvgIpc) is 3.06. The Morgan fingerprint density at radius 1 is 0.800 bits per heavy atom. The highest BCUT2D eigenvalue weighted by Crippen LogP contribution is 2.38. The number of ether oxygens (including phenoxy) is 3. The summed E-state index contributed by atoms with van der Waals surface area (Å²) in [5.41, 5.74) is 2.11. The molecule has 45 heavy (non-hydrogen) atoms. The molecule has 0 saturated heterocycles. The molecule has 0 saturated carbocycles. The van der Waals surface area contributed by atoms with Gasteiger partial charge in [0, 0.05) is 20.6 Å². The van der Waals surface area contributed by atoms with Gasteiger partial charge in [-0.2, -0.15) is 0 Å². The highest BCUT2D eigenvalue weighted by Gasteiger charge is 2.19. The molecule has 1 atom stereocenters. The van der Waals surface area contributed by atoms with Crippen molar-refractivity contribution in [2.75, 3.05) is 32.0 Å². The molecular weight excluding hydrogens is 658 g/mol. The molecule has 0 radical (unpaired) electrons. The Kier molecular flexibility index (Phi) is 11.7. The molecule has 0 aromatic heterocycles. The predicted molar refractivity (Wildman–Crippen MR) is 181 cm³/mol. The van der Waals surface area contributed by atoms with Crippen LogP contribution in [0.25, 0.3) is 6.08 Å². The number of rotatable bonds is 12. The van der Waals surface area contributed by atoms with E-state index in [4.69, 9.17) is 14.2 Å². The van der Waals surface area contributed by atoms with Gasteiger partial charge in [0.2, 0.25) is 11.7 Å². The molecule has 3 amide bonds. The second-order valence-electron chi connectivity index (χ2n) is 9.54. The van der Waals surface area contributed by atoms with Crippen molar-refractivity contribution in [3.05, 3.63) is 112 Å². The van der Waals surface area contributed by atoms with Crippen LogP contribution in [-0.2, 0) is 9.59 Å². The van der Waals surface area contributed by atoms with Crippen molar-refractivity contribution >= 4 is 62.9 Å². The van der Waals surface area contributed by atoms with Crippen molar-refractivity contribution in [3.63, 3.8) is 0 Å². The van der Waals surface area contributed by atoms with E-state index < -0.39 is 11.8 Å². The molecular formula is C34H32BrN3O6S. The summed E-state index contributed by atoms with van der Waals surface area (Å²) in [4.78, 5) is 40.2. The van der Waals surface area contributed by atoms with Crippen molar-refractivity contribution in [1.82, 2.24) is 5.32 Å². The Morgan fingerprint density at radius 2 is 1.42 bits per heavy atom. The zero-order valence-corrected chi connectivity index (χ0v) is 27.5. The first-order valence-electron chi connectivity index (χ1n) is 13.7. The molecule has 232 valence electrons. The number of anilines is 2. The van der Waals surface area contributed by atoms with Gasteiger partial charge in [0.05, 0.1) is 32.3 Å². The standard InChI is InChI=1S/C34H32BrN3O6S/c1-21(32(39)37-27-13-9-8-12-26(27)35)45-25-16-14-24(15-17-25)36-34(41)28(38-33(40)23-10-6-5-7-11-23)18-22-19-29(42-2)31(44-4)30(20-22)43-3/h5-21H,1-4H3,(H,36,41)(H,37,39)(H,38,40)/b28-18-. The maximum atomic E-state index is 13.5. The summed E-state index contributed by atoms with van der Waals surface area (Å²) in [5.74, 6) is 0.0454. The number of halogens is 1. The summed E-state index contributed by atoms with van der Waals surface area (Å²) < 4.78 is 17.1. The number of methoxy groups -OCH3 is 3. The lowest BCUT2D eigenvalue weighted by atomic mass is 10.1. The van der Waals surface area contributed by atoms with E-state index in [0.717, 1.165) is 9.37 Å². The fourth-order valence-electron chi connectivity index (χ4n) is 4.16. The molecule has 4 aromatic carbocycles. The number of carbonyl (C=O) groups is 3. The maximum absolute atomic E-state index is 13.5. The van der Waals surface area contributed by atoms with Crippen LogP contribution in [0.1, 0.15) is 22.8 Å². The highest BCUT2D eigenvalue weighted by molar-refractivity contribution is 9.10. The second-order valence-corrected chi connectivity index (χ2v) is 11.8. The number of hydrogen-bond acceptors (Lipinski definition) is 7. The molecule has 0 fully saturated rings. The lowest BCUT2D eigenvalue weighted by Crippen LogP contribution is -2.30. The minimum absolute atomic E-state index is 0.00561. The van der Waals surface area contributed by atoms with Crippen LogP contribution in [0.15, 0.2) is 106 Å². The van der Waals surface area contributed by atoms with E-state index in [2.05, 4.69) is 31.9 Å². The second kappa shape index (κ2) is 15.8. The summed E-state index contributed by atoms with van der Waals surface area (Å²) in [7, 11) is 4.48. The predicted octanol–water partition coefficient (Wildman–Crippen LogP) is 7.00. The number of benzene rings is 4. The molecule has 0 aliphatic rings. The van der Waals surface area contributed by atoms with Gasteiger partial charge in [-0.25, -0.2) is 0 Å². The van der Waals surface area contributed by atoms with E-state index in [0.29, 0.717) is 39.8 Å². The molecule has 4 aromatic rings. The number of amides is 3. The minimum atomic E-state index is -0.547. The molecule has 0 aliphatic heterocycles. The van der Waals surface area contributed by atoms with E-state index in [1.807, 2.05) is 43.3 Å². The van der Waals surface area contributed by atoms with Crippen molar-refractivity contribution in [3.8, 4) is 17.2 Å². The van der Waals surface area contributed by atoms with Gasteiger partial charge in [0.15, 0.2) is 11.5 Å². The molecule has 1 unspecified atom stereocenters. The van der Waals surface area contributed by atoms with Gasteiger partial charge in [-0.3, -0.25) is 14.4 Å². The van der Waals surface area contributed by atoms with Gasteiger partial charge in [0.25, 0.3) is 11.8 Å². The normalized spacial score (nSPS) is 11.6. The SMILES string of the molecule is COc1cc(/C=C(\NC(=O)c2ccccc2)C(=O)Nc2ccc(SC(C)C(=O)Nc3ccccc3Br)cc2)cc(OC)c1OC. The highest BCUT2D eigenvalue weighted by atomic mass is 79.9. The van der Waals surface area contributed by atoms with Crippen molar-refractivity contribution in [2.24, 2.45) is 0 Å². The molecule has 0 aliphatic carbocycles. The van der Waals surface area contributed by atoms with E-state index >= 15 is 0 Å². The average molecular weight is 691 g/mol. The summed E-state index contributed by atoms with van der Waals surface area (Å²) in [5, 5.41) is 8.11. The minimum Gasteiger partial charge on any atom is -0.493 e. The van der Waals surface area contributed by atoms with Crippen molar-refractivity contribution in [1.29, 1.82) is 0 Å². The maximum Gasteiger partial charge on any atom is 0.272 e. The quantitative estimate of drug-likeness (QED) is 0.108. The molecule has 9 nitrogen and oxygen atoms in total. The van der Waals surface area contributed by atoms with Gasteiger partial charge in [0.1, 0.15) is 5.70 Å². The molecule has 11 heteroatoms. The molecule has 4 rings (SSSR count). The van der Waals surface area contributed by atoms with E-state index in [9.17, 15) is 14.4 Å².